The second-order valence-electron chi connectivity index (χ2n) is 5.13. The highest BCUT2D eigenvalue weighted by Gasteiger charge is 2.28. The number of thioether (sulfide) groups is 1. The lowest BCUT2D eigenvalue weighted by Gasteiger charge is -2.12. The van der Waals surface area contributed by atoms with Gasteiger partial charge in [-0.15, -0.1) is 0 Å². The minimum atomic E-state index is -1.02. The average molecular weight is 292 g/mol. The summed E-state index contributed by atoms with van der Waals surface area (Å²) in [7, 11) is 0. The molecule has 3 rings (SSSR count). The van der Waals surface area contributed by atoms with Gasteiger partial charge in [0.2, 0.25) is 0 Å². The van der Waals surface area contributed by atoms with Gasteiger partial charge in [0.25, 0.3) is 0 Å². The molecule has 1 aromatic carbocycles. The fourth-order valence-electron chi connectivity index (χ4n) is 3.06. The molecule has 1 aliphatic carbocycles. The zero-order chi connectivity index (χ0) is 14.3. The van der Waals surface area contributed by atoms with Gasteiger partial charge in [-0.25, -0.2) is 9.59 Å². The molecule has 1 aliphatic rings. The highest BCUT2D eigenvalue weighted by atomic mass is 32.2. The van der Waals surface area contributed by atoms with Crippen molar-refractivity contribution in [3.05, 3.63) is 34.2 Å². The number of benzene rings is 1. The third-order valence-corrected chi connectivity index (χ3v) is 5.13. The fraction of sp³-hybridized carbons (Fsp3) is 0.429. The van der Waals surface area contributed by atoms with Crippen LogP contribution in [0.5, 0.6) is 0 Å². The van der Waals surface area contributed by atoms with Gasteiger partial charge in [-0.1, -0.05) is 6.07 Å². The molecule has 0 aliphatic heterocycles. The van der Waals surface area contributed by atoms with E-state index in [1.165, 1.54) is 6.07 Å². The van der Waals surface area contributed by atoms with Crippen LogP contribution in [-0.2, 0) is 0 Å². The van der Waals surface area contributed by atoms with E-state index in [0.717, 1.165) is 19.3 Å². The molecule has 0 spiro atoms. The number of carbonyl (C=O) groups is 1. The van der Waals surface area contributed by atoms with E-state index in [2.05, 4.69) is 11.2 Å². The Bertz CT molecular complexity index is 719. The third kappa shape index (κ3) is 2.04. The number of carboxylic acid groups (broad SMARTS) is 1. The maximum absolute atomic E-state index is 12.2. The molecule has 2 aromatic rings. The second kappa shape index (κ2) is 5.01. The highest BCUT2D eigenvalue weighted by molar-refractivity contribution is 7.99. The monoisotopic (exact) mass is 292 g/mol. The largest absolute Gasteiger partial charge is 0.478 e. The number of hydrogen-bond acceptors (Lipinski definition) is 3. The molecule has 0 amide bonds. The van der Waals surface area contributed by atoms with E-state index in [0.29, 0.717) is 16.3 Å². The van der Waals surface area contributed by atoms with E-state index >= 15 is 0 Å². The molecule has 6 heteroatoms. The number of aromatic amines is 1. The zero-order valence-electron chi connectivity index (χ0n) is 11.1. The Morgan fingerprint density at radius 2 is 2.25 bits per heavy atom. The van der Waals surface area contributed by atoms with Crippen LogP contribution in [0.1, 0.15) is 35.7 Å². The minimum absolute atomic E-state index is 0.151. The molecule has 2 N–H and O–H groups in total. The minimum Gasteiger partial charge on any atom is -0.478 e. The van der Waals surface area contributed by atoms with Gasteiger partial charge in [0.05, 0.1) is 16.6 Å². The van der Waals surface area contributed by atoms with Gasteiger partial charge in [-0.05, 0) is 37.7 Å². The smallest absolute Gasteiger partial charge is 0.337 e. The van der Waals surface area contributed by atoms with Crippen LogP contribution in [0.25, 0.3) is 11.0 Å². The molecule has 2 atom stereocenters. The van der Waals surface area contributed by atoms with Crippen molar-refractivity contribution in [3.8, 4) is 0 Å². The van der Waals surface area contributed by atoms with Crippen molar-refractivity contribution >= 4 is 28.8 Å². The first-order chi connectivity index (χ1) is 9.61. The van der Waals surface area contributed by atoms with Crippen molar-refractivity contribution < 1.29 is 9.90 Å². The van der Waals surface area contributed by atoms with E-state index < -0.39 is 5.97 Å². The number of aromatic carboxylic acids is 1. The van der Waals surface area contributed by atoms with Gasteiger partial charge < -0.3 is 10.1 Å². The first kappa shape index (κ1) is 13.3. The normalized spacial score (nSPS) is 22.4. The van der Waals surface area contributed by atoms with Crippen LogP contribution in [-0.4, -0.2) is 32.1 Å². The number of aromatic nitrogens is 2. The molecule has 1 fully saturated rings. The third-order valence-electron chi connectivity index (χ3n) is 4.04. The molecule has 2 unspecified atom stereocenters. The maximum Gasteiger partial charge on any atom is 0.337 e. The summed E-state index contributed by atoms with van der Waals surface area (Å²) in [6.45, 7) is 0. The first-order valence-corrected chi connectivity index (χ1v) is 7.90. The molecular formula is C14H16N2O3S. The molecular weight excluding hydrogens is 276 g/mol. The van der Waals surface area contributed by atoms with Crippen LogP contribution in [0.4, 0.5) is 0 Å². The Hall–Kier alpha value is -1.69. The number of H-pyrrole nitrogens is 1. The summed E-state index contributed by atoms with van der Waals surface area (Å²) in [5, 5.41) is 9.78. The quantitative estimate of drug-likeness (QED) is 0.911. The summed E-state index contributed by atoms with van der Waals surface area (Å²) >= 11 is 1.83. The average Bonchev–Trinajstić information content (AvgIpc) is 3.00. The summed E-state index contributed by atoms with van der Waals surface area (Å²) in [6.07, 6.45) is 5.12. The van der Waals surface area contributed by atoms with Crippen molar-refractivity contribution in [3.63, 3.8) is 0 Å². The number of imidazole rings is 1. The SMILES string of the molecule is CSC1CCC(n2c(=O)[nH]c3c(C(=O)O)cccc32)C1. The topological polar surface area (TPSA) is 75.1 Å². The van der Waals surface area contributed by atoms with Gasteiger partial charge >= 0.3 is 11.7 Å². The van der Waals surface area contributed by atoms with E-state index in [1.807, 2.05) is 17.8 Å². The number of hydrogen-bond donors (Lipinski definition) is 2. The molecule has 0 radical (unpaired) electrons. The van der Waals surface area contributed by atoms with Gasteiger partial charge in [0.15, 0.2) is 0 Å². The Balaban J connectivity index is 2.13. The van der Waals surface area contributed by atoms with E-state index in [-0.39, 0.29) is 17.3 Å². The van der Waals surface area contributed by atoms with Crippen LogP contribution in [0.3, 0.4) is 0 Å². The molecule has 0 bridgehead atoms. The number of rotatable bonds is 3. The van der Waals surface area contributed by atoms with E-state index in [1.54, 1.807) is 10.6 Å². The van der Waals surface area contributed by atoms with Crippen LogP contribution in [0.15, 0.2) is 23.0 Å². The van der Waals surface area contributed by atoms with Crippen LogP contribution in [0.2, 0.25) is 0 Å². The maximum atomic E-state index is 12.2. The van der Waals surface area contributed by atoms with E-state index in [4.69, 9.17) is 0 Å². The Labute approximate surface area is 120 Å². The van der Waals surface area contributed by atoms with Crippen molar-refractivity contribution in [2.75, 3.05) is 6.26 Å². The number of para-hydroxylation sites is 1. The van der Waals surface area contributed by atoms with Crippen LogP contribution >= 0.6 is 11.8 Å². The summed E-state index contributed by atoms with van der Waals surface area (Å²) in [5.41, 5.74) is 1.07. The van der Waals surface area contributed by atoms with Gasteiger partial charge in [0.1, 0.15) is 0 Å². The molecule has 1 heterocycles. The predicted molar refractivity (Wildman–Crippen MR) is 79.7 cm³/mol. The van der Waals surface area contributed by atoms with Gasteiger partial charge in [-0.3, -0.25) is 4.57 Å². The summed E-state index contributed by atoms with van der Waals surface area (Å²) in [5.74, 6) is -1.02. The van der Waals surface area contributed by atoms with Crippen LogP contribution in [0, 0.1) is 0 Å². The molecule has 1 saturated carbocycles. The standard InChI is InChI=1S/C14H16N2O3S/c1-20-9-6-5-8(7-9)16-11-4-2-3-10(13(17)18)12(11)15-14(16)19/h2-4,8-9H,5-7H2,1H3,(H,15,19)(H,17,18). The summed E-state index contributed by atoms with van der Waals surface area (Å²) in [6, 6.07) is 5.19. The molecule has 106 valence electrons. The van der Waals surface area contributed by atoms with Crippen LogP contribution < -0.4 is 5.69 Å². The molecule has 20 heavy (non-hydrogen) atoms. The predicted octanol–water partition coefficient (Wildman–Crippen LogP) is 2.48. The lowest BCUT2D eigenvalue weighted by atomic mass is 10.1. The molecule has 5 nitrogen and oxygen atoms in total. The number of nitrogens with zero attached hydrogens (tertiary/aromatic N) is 1. The van der Waals surface area contributed by atoms with E-state index in [9.17, 15) is 14.7 Å². The first-order valence-electron chi connectivity index (χ1n) is 6.61. The zero-order valence-corrected chi connectivity index (χ0v) is 11.9. The number of fused-ring (bicyclic) bond motifs is 1. The Morgan fingerprint density at radius 3 is 2.90 bits per heavy atom. The second-order valence-corrected chi connectivity index (χ2v) is 6.27. The molecule has 1 aromatic heterocycles. The Morgan fingerprint density at radius 1 is 1.45 bits per heavy atom. The highest BCUT2D eigenvalue weighted by Crippen LogP contribution is 2.36. The lowest BCUT2D eigenvalue weighted by Crippen LogP contribution is -2.20. The number of carboxylic acids is 1. The number of nitrogens with one attached hydrogen (secondary N) is 1. The van der Waals surface area contributed by atoms with Gasteiger partial charge in [-0.2, -0.15) is 11.8 Å². The van der Waals surface area contributed by atoms with Crippen molar-refractivity contribution in [2.45, 2.75) is 30.6 Å². The lowest BCUT2D eigenvalue weighted by molar-refractivity contribution is 0.0699. The Kier molecular flexibility index (Phi) is 3.33. The molecule has 0 saturated heterocycles. The fourth-order valence-corrected chi connectivity index (χ4v) is 3.84. The van der Waals surface area contributed by atoms with Crippen molar-refractivity contribution in [2.24, 2.45) is 0 Å². The van der Waals surface area contributed by atoms with Crippen molar-refractivity contribution in [1.29, 1.82) is 0 Å². The summed E-state index contributed by atoms with van der Waals surface area (Å²) < 4.78 is 1.73. The van der Waals surface area contributed by atoms with Crippen molar-refractivity contribution in [1.82, 2.24) is 9.55 Å². The summed E-state index contributed by atoms with van der Waals surface area (Å²) in [4.78, 5) is 26.1. The van der Waals surface area contributed by atoms with Gasteiger partial charge in [0, 0.05) is 11.3 Å².